The van der Waals surface area contributed by atoms with Crippen LogP contribution in [0.25, 0.3) is 0 Å². The minimum Gasteiger partial charge on any atom is -0.480 e. The number of ether oxygens (including phenoxy) is 1. The van der Waals surface area contributed by atoms with Gasteiger partial charge in [0.05, 0.1) is 0 Å². The quantitative estimate of drug-likeness (QED) is 0.306. The van der Waals surface area contributed by atoms with Crippen molar-refractivity contribution in [3.05, 3.63) is 54.4 Å². The van der Waals surface area contributed by atoms with Gasteiger partial charge in [0, 0.05) is 38.4 Å². The zero-order valence-electron chi connectivity index (χ0n) is 19.7. The number of carbonyl (C=O) groups is 3. The van der Waals surface area contributed by atoms with Crippen LogP contribution in [0.3, 0.4) is 0 Å². The molecule has 0 saturated carbocycles. The first-order valence-electron chi connectivity index (χ1n) is 11.4. The molecule has 194 valence electrons. The van der Waals surface area contributed by atoms with Gasteiger partial charge < -0.3 is 25.8 Å². The van der Waals surface area contributed by atoms with Crippen LogP contribution in [0.2, 0.25) is 0 Å². The number of pyridine rings is 1. The van der Waals surface area contributed by atoms with E-state index >= 15 is 0 Å². The number of carbonyl (C=O) groups excluding carboxylic acids is 2. The Morgan fingerprint density at radius 1 is 1.19 bits per heavy atom. The standard InChI is InChI=1S/C23H29N5O7S/c1-24-11-12-26-23(32)35-17-8-6-16(7-9-17)14-19(22(30)31)27-21(29)20-5-3-13-28(20)36(33,34)18-4-2-10-25-15-18/h2,4,6-10,15,19-20,24H,3,5,11-14H2,1H3,(H,26,32)(H,27,29)(H,30,31)/t19-,20-/m0/s1. The van der Waals surface area contributed by atoms with Crippen LogP contribution in [0.15, 0.2) is 53.7 Å². The first-order valence-corrected chi connectivity index (χ1v) is 12.8. The Kier molecular flexibility index (Phi) is 9.33. The summed E-state index contributed by atoms with van der Waals surface area (Å²) in [6.07, 6.45) is 2.75. The number of amides is 2. The second-order valence-electron chi connectivity index (χ2n) is 8.13. The van der Waals surface area contributed by atoms with E-state index in [1.165, 1.54) is 36.7 Å². The first-order chi connectivity index (χ1) is 17.2. The SMILES string of the molecule is CNCCNC(=O)Oc1ccc(C[C@H](NC(=O)[C@@H]2CCCN2S(=O)(=O)c2cccnc2)C(=O)O)cc1. The number of nitrogens with one attached hydrogen (secondary N) is 3. The smallest absolute Gasteiger partial charge is 0.412 e. The van der Waals surface area contributed by atoms with E-state index in [4.69, 9.17) is 4.74 Å². The van der Waals surface area contributed by atoms with Gasteiger partial charge in [0.15, 0.2) is 0 Å². The Bertz CT molecular complexity index is 1160. The van der Waals surface area contributed by atoms with Gasteiger partial charge in [0.1, 0.15) is 22.7 Å². The van der Waals surface area contributed by atoms with E-state index in [-0.39, 0.29) is 30.0 Å². The lowest BCUT2D eigenvalue weighted by Gasteiger charge is -2.25. The maximum atomic E-state index is 13.0. The first kappa shape index (κ1) is 27.0. The Balaban J connectivity index is 1.63. The molecule has 2 amide bonds. The second-order valence-corrected chi connectivity index (χ2v) is 10.0. The van der Waals surface area contributed by atoms with Crippen molar-refractivity contribution in [1.82, 2.24) is 25.2 Å². The predicted octanol–water partition coefficient (Wildman–Crippen LogP) is 0.355. The summed E-state index contributed by atoms with van der Waals surface area (Å²) in [7, 11) is -2.20. The van der Waals surface area contributed by atoms with Crippen LogP contribution in [0.4, 0.5) is 4.79 Å². The third-order valence-corrected chi connectivity index (χ3v) is 7.47. The van der Waals surface area contributed by atoms with E-state index in [1.807, 2.05) is 0 Å². The highest BCUT2D eigenvalue weighted by Crippen LogP contribution is 2.26. The molecule has 1 aromatic carbocycles. The summed E-state index contributed by atoms with van der Waals surface area (Å²) in [5, 5.41) is 17.6. The Morgan fingerprint density at radius 2 is 1.94 bits per heavy atom. The minimum atomic E-state index is -3.96. The molecule has 1 aliphatic heterocycles. The molecule has 2 heterocycles. The number of carboxylic acids is 1. The molecule has 4 N–H and O–H groups in total. The maximum Gasteiger partial charge on any atom is 0.412 e. The van der Waals surface area contributed by atoms with E-state index in [0.29, 0.717) is 25.1 Å². The van der Waals surface area contributed by atoms with Crippen molar-refractivity contribution in [2.75, 3.05) is 26.7 Å². The normalized spacial score (nSPS) is 16.8. The molecule has 0 radical (unpaired) electrons. The zero-order valence-corrected chi connectivity index (χ0v) is 20.5. The number of rotatable bonds is 11. The number of carboxylic acid groups (broad SMARTS) is 1. The molecule has 2 atom stereocenters. The largest absolute Gasteiger partial charge is 0.480 e. The molecule has 0 bridgehead atoms. The number of likely N-dealkylation sites (N-methyl/N-ethyl adjacent to an activating group) is 1. The van der Waals surface area contributed by atoms with Crippen molar-refractivity contribution in [1.29, 1.82) is 0 Å². The summed E-state index contributed by atoms with van der Waals surface area (Å²) in [6, 6.07) is 6.81. The van der Waals surface area contributed by atoms with Gasteiger partial charge in [-0.3, -0.25) is 9.78 Å². The second kappa shape index (κ2) is 12.4. The van der Waals surface area contributed by atoms with Crippen LogP contribution < -0.4 is 20.7 Å². The summed E-state index contributed by atoms with van der Waals surface area (Å²) < 4.78 is 32.2. The average Bonchev–Trinajstić information content (AvgIpc) is 3.37. The van der Waals surface area contributed by atoms with Gasteiger partial charge in [-0.1, -0.05) is 12.1 Å². The summed E-state index contributed by atoms with van der Waals surface area (Å²) in [5.74, 6) is -1.66. The molecule has 0 unspecified atom stereocenters. The lowest BCUT2D eigenvalue weighted by molar-refractivity contribution is -0.142. The van der Waals surface area contributed by atoms with Gasteiger partial charge in [-0.25, -0.2) is 18.0 Å². The topological polar surface area (TPSA) is 167 Å². The van der Waals surface area contributed by atoms with Crippen molar-refractivity contribution >= 4 is 28.0 Å². The molecule has 1 saturated heterocycles. The van der Waals surface area contributed by atoms with E-state index in [0.717, 1.165) is 4.31 Å². The maximum absolute atomic E-state index is 13.0. The number of hydrogen-bond acceptors (Lipinski definition) is 8. The fraction of sp³-hybridized carbons (Fsp3) is 0.391. The highest BCUT2D eigenvalue weighted by Gasteiger charge is 2.40. The van der Waals surface area contributed by atoms with Crippen LogP contribution in [0.5, 0.6) is 5.75 Å². The van der Waals surface area contributed by atoms with E-state index < -0.39 is 40.1 Å². The average molecular weight is 520 g/mol. The van der Waals surface area contributed by atoms with Gasteiger partial charge in [-0.2, -0.15) is 4.31 Å². The molecule has 2 aromatic rings. The molecular formula is C23H29N5O7S. The van der Waals surface area contributed by atoms with Gasteiger partial charge >= 0.3 is 12.1 Å². The number of aromatic nitrogens is 1. The summed E-state index contributed by atoms with van der Waals surface area (Å²) in [6.45, 7) is 1.14. The molecule has 1 aliphatic rings. The van der Waals surface area contributed by atoms with Crippen molar-refractivity contribution in [3.63, 3.8) is 0 Å². The van der Waals surface area contributed by atoms with Crippen LogP contribution in [-0.4, -0.2) is 79.5 Å². The van der Waals surface area contributed by atoms with Gasteiger partial charge in [-0.05, 0) is 49.7 Å². The summed E-state index contributed by atoms with van der Waals surface area (Å²) in [5.41, 5.74) is 0.580. The number of aliphatic carboxylic acids is 1. The molecule has 12 nitrogen and oxygen atoms in total. The molecule has 1 aromatic heterocycles. The van der Waals surface area contributed by atoms with E-state index in [1.54, 1.807) is 19.2 Å². The number of sulfonamides is 1. The van der Waals surface area contributed by atoms with Gasteiger partial charge in [0.25, 0.3) is 0 Å². The van der Waals surface area contributed by atoms with Crippen LogP contribution in [0, 0.1) is 0 Å². The minimum absolute atomic E-state index is 0.0301. The Morgan fingerprint density at radius 3 is 2.58 bits per heavy atom. The molecule has 0 aliphatic carbocycles. The van der Waals surface area contributed by atoms with E-state index in [2.05, 4.69) is 20.9 Å². The molecule has 36 heavy (non-hydrogen) atoms. The van der Waals surface area contributed by atoms with Crippen molar-refractivity contribution < 1.29 is 32.6 Å². The van der Waals surface area contributed by atoms with Crippen LogP contribution >= 0.6 is 0 Å². The highest BCUT2D eigenvalue weighted by atomic mass is 32.2. The van der Waals surface area contributed by atoms with E-state index in [9.17, 15) is 27.9 Å². The Labute approximate surface area is 209 Å². The number of nitrogens with zero attached hydrogens (tertiary/aromatic N) is 2. The number of benzene rings is 1. The molecule has 13 heteroatoms. The lowest BCUT2D eigenvalue weighted by atomic mass is 10.1. The van der Waals surface area contributed by atoms with Crippen LogP contribution in [-0.2, 0) is 26.0 Å². The third kappa shape index (κ3) is 6.99. The van der Waals surface area contributed by atoms with Crippen molar-refractivity contribution in [2.45, 2.75) is 36.2 Å². The number of hydrogen-bond donors (Lipinski definition) is 4. The molecule has 3 rings (SSSR count). The molecular weight excluding hydrogens is 490 g/mol. The lowest BCUT2D eigenvalue weighted by Crippen LogP contribution is -2.51. The third-order valence-electron chi connectivity index (χ3n) is 5.58. The predicted molar refractivity (Wildman–Crippen MR) is 129 cm³/mol. The monoisotopic (exact) mass is 519 g/mol. The molecule has 1 fully saturated rings. The fourth-order valence-corrected chi connectivity index (χ4v) is 5.38. The van der Waals surface area contributed by atoms with Crippen molar-refractivity contribution in [3.8, 4) is 5.75 Å². The van der Waals surface area contributed by atoms with Gasteiger partial charge in [-0.15, -0.1) is 0 Å². The highest BCUT2D eigenvalue weighted by molar-refractivity contribution is 7.89. The molecule has 0 spiro atoms. The Hall–Kier alpha value is -3.55. The fourth-order valence-electron chi connectivity index (χ4n) is 3.75. The summed E-state index contributed by atoms with van der Waals surface area (Å²) in [4.78, 5) is 40.4. The van der Waals surface area contributed by atoms with Crippen molar-refractivity contribution in [2.24, 2.45) is 0 Å². The zero-order chi connectivity index (χ0) is 26.1. The van der Waals surface area contributed by atoms with Gasteiger partial charge in [0.2, 0.25) is 15.9 Å². The summed E-state index contributed by atoms with van der Waals surface area (Å²) >= 11 is 0. The van der Waals surface area contributed by atoms with Crippen LogP contribution in [0.1, 0.15) is 18.4 Å².